The largest absolute Gasteiger partial charge is 0.307 e. The molecule has 4 heteroatoms. The van der Waals surface area contributed by atoms with Crippen LogP contribution in [0.5, 0.6) is 0 Å². The zero-order valence-electron chi connectivity index (χ0n) is 22.6. The van der Waals surface area contributed by atoms with E-state index in [1.807, 2.05) is 0 Å². The Bertz CT molecular complexity index is 1340. The van der Waals surface area contributed by atoms with Crippen molar-refractivity contribution in [2.24, 2.45) is 0 Å². The van der Waals surface area contributed by atoms with Crippen molar-refractivity contribution < 1.29 is 0 Å². The highest BCUT2D eigenvalue weighted by Gasteiger charge is 2.37. The van der Waals surface area contributed by atoms with Crippen LogP contribution in [0.4, 0.5) is 17.1 Å². The van der Waals surface area contributed by atoms with Crippen molar-refractivity contribution in [2.45, 2.75) is 101 Å². The fraction of sp³-hybridized carbons (Fsp3) is 0.471. The van der Waals surface area contributed by atoms with Crippen LogP contribution in [0, 0.1) is 0 Å². The maximum Gasteiger partial charge on any atom is 0.0607 e. The summed E-state index contributed by atoms with van der Waals surface area (Å²) in [5.74, 6) is 2.88. The Morgan fingerprint density at radius 1 is 0.526 bits per heavy atom. The van der Waals surface area contributed by atoms with Gasteiger partial charge in [-0.2, -0.15) is 0 Å². The molecule has 0 radical (unpaired) electrons. The summed E-state index contributed by atoms with van der Waals surface area (Å²) in [4.78, 5) is 2.51. The fourth-order valence-corrected chi connectivity index (χ4v) is 9.55. The Labute approximate surface area is 253 Å². The predicted molar refractivity (Wildman–Crippen MR) is 171 cm³/mol. The molecule has 3 aromatic rings. The molecule has 6 aliphatic carbocycles. The Morgan fingerprint density at radius 3 is 1.26 bits per heavy atom. The van der Waals surface area contributed by atoms with Gasteiger partial charge in [0.05, 0.1) is 17.1 Å². The summed E-state index contributed by atoms with van der Waals surface area (Å²) in [5.41, 5.74) is 11.5. The minimum Gasteiger partial charge on any atom is -0.307 e. The van der Waals surface area contributed by atoms with Gasteiger partial charge in [-0.15, -0.1) is 0 Å². The lowest BCUT2D eigenvalue weighted by Crippen LogP contribution is -2.24. The SMILES string of the molecule is CC(C)(C)c1ccc(N(c2cc3c(cc2Br)C2CCC3CC2)c2cc3c(cc2Br)C2CCC3CC2)c(Br)c1. The van der Waals surface area contributed by atoms with E-state index >= 15 is 0 Å². The van der Waals surface area contributed by atoms with Crippen LogP contribution in [0.25, 0.3) is 0 Å². The monoisotopic (exact) mass is 695 g/mol. The molecule has 0 spiro atoms. The molecule has 0 N–H and O–H groups in total. The van der Waals surface area contributed by atoms with Gasteiger partial charge >= 0.3 is 0 Å². The normalized spacial score (nSPS) is 25.3. The van der Waals surface area contributed by atoms with Gasteiger partial charge < -0.3 is 4.90 Å². The number of rotatable bonds is 3. The molecular formula is C34H36Br3N. The summed E-state index contributed by atoms with van der Waals surface area (Å²) < 4.78 is 3.53. The van der Waals surface area contributed by atoms with E-state index in [1.165, 1.54) is 82.9 Å². The summed E-state index contributed by atoms with van der Waals surface area (Å²) >= 11 is 12.2. The molecule has 0 heterocycles. The lowest BCUT2D eigenvalue weighted by atomic mass is 9.67. The smallest absolute Gasteiger partial charge is 0.0607 e. The first-order valence-electron chi connectivity index (χ1n) is 14.5. The highest BCUT2D eigenvalue weighted by atomic mass is 79.9. The number of hydrogen-bond donors (Lipinski definition) is 0. The second-order valence-corrected chi connectivity index (χ2v) is 15.8. The van der Waals surface area contributed by atoms with Crippen molar-refractivity contribution in [3.05, 3.63) is 83.7 Å². The van der Waals surface area contributed by atoms with Gasteiger partial charge in [-0.1, -0.05) is 26.8 Å². The summed E-state index contributed by atoms with van der Waals surface area (Å²) in [5, 5.41) is 0. The van der Waals surface area contributed by atoms with Crippen LogP contribution >= 0.6 is 47.8 Å². The molecule has 6 aliphatic rings. The van der Waals surface area contributed by atoms with Gasteiger partial charge in [-0.25, -0.2) is 0 Å². The van der Waals surface area contributed by atoms with Crippen LogP contribution in [0.15, 0.2) is 55.9 Å². The first-order valence-corrected chi connectivity index (χ1v) is 16.8. The lowest BCUT2D eigenvalue weighted by Gasteiger charge is -2.41. The van der Waals surface area contributed by atoms with Crippen molar-refractivity contribution in [3.63, 3.8) is 0 Å². The minimum absolute atomic E-state index is 0.100. The van der Waals surface area contributed by atoms with E-state index in [9.17, 15) is 0 Å². The van der Waals surface area contributed by atoms with E-state index in [2.05, 4.69) is 116 Å². The maximum atomic E-state index is 4.07. The van der Waals surface area contributed by atoms with Gasteiger partial charge in [0.15, 0.2) is 0 Å². The van der Waals surface area contributed by atoms with E-state index in [0.717, 1.165) is 16.3 Å². The first-order chi connectivity index (χ1) is 18.2. The first kappa shape index (κ1) is 25.8. The molecule has 1 nitrogen and oxygen atoms in total. The number of hydrogen-bond acceptors (Lipinski definition) is 1. The Balaban J connectivity index is 1.44. The Kier molecular flexibility index (Phi) is 6.45. The molecule has 198 valence electrons. The average molecular weight is 698 g/mol. The molecule has 0 amide bonds. The third-order valence-electron chi connectivity index (χ3n) is 10.1. The van der Waals surface area contributed by atoms with Crippen molar-refractivity contribution in [1.29, 1.82) is 0 Å². The zero-order chi connectivity index (χ0) is 26.3. The molecule has 0 atom stereocenters. The van der Waals surface area contributed by atoms with Crippen LogP contribution in [0.1, 0.15) is 124 Å². The van der Waals surface area contributed by atoms with Crippen molar-refractivity contribution >= 4 is 64.9 Å². The third-order valence-corrected chi connectivity index (χ3v) is 12.0. The summed E-state index contributed by atoms with van der Waals surface area (Å²) in [7, 11) is 0. The molecule has 2 saturated carbocycles. The van der Waals surface area contributed by atoms with E-state index in [4.69, 9.17) is 0 Å². The van der Waals surface area contributed by atoms with Crippen molar-refractivity contribution in [3.8, 4) is 0 Å². The van der Waals surface area contributed by atoms with Crippen LogP contribution in [-0.2, 0) is 5.41 Å². The Morgan fingerprint density at radius 2 is 0.895 bits per heavy atom. The predicted octanol–water partition coefficient (Wildman–Crippen LogP) is 12.3. The van der Waals surface area contributed by atoms with E-state index in [0.29, 0.717) is 11.8 Å². The summed E-state index contributed by atoms with van der Waals surface area (Å²) in [6.07, 6.45) is 10.8. The second kappa shape index (κ2) is 9.48. The summed E-state index contributed by atoms with van der Waals surface area (Å²) in [6, 6.07) is 16.9. The molecule has 3 aromatic carbocycles. The highest BCUT2D eigenvalue weighted by molar-refractivity contribution is 9.11. The number of fused-ring (bicyclic) bond motifs is 4. The van der Waals surface area contributed by atoms with Crippen LogP contribution < -0.4 is 4.90 Å². The van der Waals surface area contributed by atoms with Gasteiger partial charge in [0.2, 0.25) is 0 Å². The number of halogens is 3. The van der Waals surface area contributed by atoms with Crippen molar-refractivity contribution in [1.82, 2.24) is 0 Å². The van der Waals surface area contributed by atoms with Gasteiger partial charge in [-0.3, -0.25) is 0 Å². The highest BCUT2D eigenvalue weighted by Crippen LogP contribution is 2.56. The molecule has 38 heavy (non-hydrogen) atoms. The lowest BCUT2D eigenvalue weighted by molar-refractivity contribution is 0.358. The van der Waals surface area contributed by atoms with Gasteiger partial charge in [0.25, 0.3) is 0 Å². The van der Waals surface area contributed by atoms with Gasteiger partial charge in [0.1, 0.15) is 0 Å². The molecule has 4 bridgehead atoms. The zero-order valence-corrected chi connectivity index (χ0v) is 27.3. The maximum absolute atomic E-state index is 4.07. The molecule has 9 rings (SSSR count). The molecule has 0 saturated heterocycles. The van der Waals surface area contributed by atoms with Crippen LogP contribution in [0.2, 0.25) is 0 Å². The standard InChI is InChI=1S/C34H36Br3N/c1-34(2,3)23-12-13-31(28(35)14-23)38(32-17-26-21-8-4-19(5-9-21)24(26)15-29(32)36)33-18-27-22-10-6-20(7-11-22)25(27)16-30(33)37/h12-22H,4-11H2,1-3H3. The van der Waals surface area contributed by atoms with Crippen LogP contribution in [0.3, 0.4) is 0 Å². The topological polar surface area (TPSA) is 3.24 Å². The van der Waals surface area contributed by atoms with E-state index in [-0.39, 0.29) is 5.41 Å². The molecule has 0 aliphatic heterocycles. The van der Waals surface area contributed by atoms with E-state index < -0.39 is 0 Å². The average Bonchev–Trinajstić information content (AvgIpc) is 2.91. The summed E-state index contributed by atoms with van der Waals surface area (Å²) in [6.45, 7) is 6.86. The van der Waals surface area contributed by atoms with Gasteiger partial charge in [0, 0.05) is 13.4 Å². The molecule has 0 unspecified atom stereocenters. The molecule has 2 fully saturated rings. The Hall–Kier alpha value is -1.10. The number of nitrogens with zero attached hydrogens (tertiary/aromatic N) is 1. The molecular weight excluding hydrogens is 662 g/mol. The minimum atomic E-state index is 0.100. The van der Waals surface area contributed by atoms with Crippen molar-refractivity contribution in [2.75, 3.05) is 4.90 Å². The van der Waals surface area contributed by atoms with Crippen LogP contribution in [-0.4, -0.2) is 0 Å². The van der Waals surface area contributed by atoms with Gasteiger partial charge in [-0.05, 0) is 192 Å². The quantitative estimate of drug-likeness (QED) is 0.263. The third kappa shape index (κ3) is 4.18. The number of benzene rings is 3. The second-order valence-electron chi connectivity index (χ2n) is 13.2. The fourth-order valence-electron chi connectivity index (χ4n) is 7.92. The van der Waals surface area contributed by atoms with E-state index in [1.54, 1.807) is 22.3 Å². The number of anilines is 3. The molecule has 0 aromatic heterocycles.